The van der Waals surface area contributed by atoms with E-state index in [4.69, 9.17) is 4.42 Å². The molecule has 0 aliphatic heterocycles. The van der Waals surface area contributed by atoms with Gasteiger partial charge in [0.2, 0.25) is 0 Å². The molecule has 1 aromatic heterocycles. The van der Waals surface area contributed by atoms with Gasteiger partial charge in [0.05, 0.1) is 0 Å². The first kappa shape index (κ1) is 38.6. The molecule has 0 bridgehead atoms. The standard InChI is InChI=1S/C51H47NO.C2H6/c1-8-10-17-35(3)36(4)34-38(9-2)40-23-27-42(28-24-40)52(43-29-25-41(26-30-43)39-18-12-11-13-19-39)33-16-21-46-37(5)49-47(51(46,6)7)32-31-45-44-20-14-15-22-48(44)53-50(45)49;1-2/h8-32,34H,1,3,33H2,2,4-7H3;1-2H3/b17-10-,21-16-,36-34+,38-9+;. The molecule has 0 radical (unpaired) electrons. The number of hydrogen-bond acceptors (Lipinski definition) is 2. The van der Waals surface area contributed by atoms with Crippen molar-refractivity contribution in [2.45, 2.75) is 53.9 Å². The fourth-order valence-corrected chi connectivity index (χ4v) is 7.67. The van der Waals surface area contributed by atoms with Crippen LogP contribution in [0.3, 0.4) is 0 Å². The predicted molar refractivity (Wildman–Crippen MR) is 241 cm³/mol. The average molecular weight is 720 g/mol. The molecule has 0 amide bonds. The highest BCUT2D eigenvalue weighted by molar-refractivity contribution is 6.10. The summed E-state index contributed by atoms with van der Waals surface area (Å²) in [6.45, 7) is 23.8. The molecule has 2 heteroatoms. The van der Waals surface area contributed by atoms with Crippen LogP contribution in [-0.4, -0.2) is 6.54 Å². The van der Waals surface area contributed by atoms with E-state index < -0.39 is 0 Å². The maximum atomic E-state index is 6.51. The topological polar surface area (TPSA) is 16.4 Å². The van der Waals surface area contributed by atoms with E-state index in [1.165, 1.54) is 44.2 Å². The van der Waals surface area contributed by atoms with Crippen LogP contribution in [0.15, 0.2) is 192 Å². The number of furan rings is 1. The van der Waals surface area contributed by atoms with E-state index in [9.17, 15) is 0 Å². The van der Waals surface area contributed by atoms with Crippen LogP contribution in [-0.2, 0) is 5.41 Å². The van der Waals surface area contributed by atoms with E-state index in [0.717, 1.165) is 44.8 Å². The fourth-order valence-electron chi connectivity index (χ4n) is 7.67. The zero-order chi connectivity index (χ0) is 39.1. The number of allylic oxidation sites excluding steroid dienone is 11. The second-order valence-corrected chi connectivity index (χ2v) is 14.3. The van der Waals surface area contributed by atoms with Crippen LogP contribution in [0.4, 0.5) is 11.4 Å². The van der Waals surface area contributed by atoms with Gasteiger partial charge in [-0.2, -0.15) is 0 Å². The number of nitrogens with zero attached hydrogens (tertiary/aromatic N) is 1. The molecule has 0 saturated heterocycles. The molecule has 0 spiro atoms. The smallest absolute Gasteiger partial charge is 0.143 e. The molecule has 0 saturated carbocycles. The molecule has 276 valence electrons. The minimum absolute atomic E-state index is 0.159. The maximum Gasteiger partial charge on any atom is 0.143 e. The average Bonchev–Trinajstić information content (AvgIpc) is 3.70. The van der Waals surface area contributed by atoms with Gasteiger partial charge in [-0.25, -0.2) is 0 Å². The zero-order valence-corrected chi connectivity index (χ0v) is 33.5. The van der Waals surface area contributed by atoms with Gasteiger partial charge in [-0.3, -0.25) is 0 Å². The van der Waals surface area contributed by atoms with Crippen LogP contribution in [0.2, 0.25) is 0 Å². The van der Waals surface area contributed by atoms with Gasteiger partial charge in [0.25, 0.3) is 0 Å². The largest absolute Gasteiger partial charge is 0.455 e. The van der Waals surface area contributed by atoms with Crippen molar-refractivity contribution in [2.24, 2.45) is 0 Å². The molecule has 0 unspecified atom stereocenters. The lowest BCUT2D eigenvalue weighted by Crippen LogP contribution is -2.18. The van der Waals surface area contributed by atoms with Crippen molar-refractivity contribution in [3.05, 3.63) is 204 Å². The molecular formula is C53H53NO. The molecular weight excluding hydrogens is 667 g/mol. The van der Waals surface area contributed by atoms with Gasteiger partial charge >= 0.3 is 0 Å². The normalized spacial score (nSPS) is 14.1. The summed E-state index contributed by atoms with van der Waals surface area (Å²) < 4.78 is 6.51. The molecule has 1 heterocycles. The summed E-state index contributed by atoms with van der Waals surface area (Å²) in [6, 6.07) is 41.2. The van der Waals surface area contributed by atoms with Crippen molar-refractivity contribution in [3.63, 3.8) is 0 Å². The Kier molecular flexibility index (Phi) is 11.9. The predicted octanol–water partition coefficient (Wildman–Crippen LogP) is 15.4. The highest BCUT2D eigenvalue weighted by Crippen LogP contribution is 2.50. The Balaban J connectivity index is 0.00000253. The summed E-state index contributed by atoms with van der Waals surface area (Å²) in [5, 5.41) is 2.34. The molecule has 5 aromatic carbocycles. The molecule has 2 nitrogen and oxygen atoms in total. The van der Waals surface area contributed by atoms with Gasteiger partial charge in [-0.1, -0.05) is 168 Å². The summed E-state index contributed by atoms with van der Waals surface area (Å²) in [4.78, 5) is 2.38. The van der Waals surface area contributed by atoms with E-state index in [1.807, 2.05) is 32.1 Å². The highest BCUT2D eigenvalue weighted by Gasteiger charge is 2.37. The van der Waals surface area contributed by atoms with Crippen molar-refractivity contribution in [1.82, 2.24) is 0 Å². The first-order valence-corrected chi connectivity index (χ1v) is 19.4. The minimum Gasteiger partial charge on any atom is -0.455 e. The number of benzene rings is 5. The fraction of sp³-hybridized carbons (Fsp3) is 0.170. The Hall–Kier alpha value is -6.12. The third-order valence-electron chi connectivity index (χ3n) is 10.7. The second kappa shape index (κ2) is 16.9. The van der Waals surface area contributed by atoms with Crippen molar-refractivity contribution >= 4 is 44.5 Å². The summed E-state index contributed by atoms with van der Waals surface area (Å²) in [6.07, 6.45) is 14.7. The number of fused-ring (bicyclic) bond motifs is 5. The van der Waals surface area contributed by atoms with Crippen LogP contribution in [0, 0.1) is 0 Å². The summed E-state index contributed by atoms with van der Waals surface area (Å²) in [5.74, 6) is 0. The molecule has 1 aliphatic carbocycles. The van der Waals surface area contributed by atoms with Gasteiger partial charge < -0.3 is 9.32 Å². The number of hydrogen-bond donors (Lipinski definition) is 0. The molecule has 55 heavy (non-hydrogen) atoms. The van der Waals surface area contributed by atoms with E-state index >= 15 is 0 Å². The molecule has 0 atom stereocenters. The molecule has 0 fully saturated rings. The monoisotopic (exact) mass is 719 g/mol. The Morgan fingerprint density at radius 2 is 1.42 bits per heavy atom. The van der Waals surface area contributed by atoms with Crippen LogP contribution < -0.4 is 4.90 Å². The Morgan fingerprint density at radius 3 is 2.09 bits per heavy atom. The molecule has 6 aromatic rings. The van der Waals surface area contributed by atoms with Gasteiger partial charge in [0.15, 0.2) is 0 Å². The lowest BCUT2D eigenvalue weighted by Gasteiger charge is -2.26. The van der Waals surface area contributed by atoms with Crippen molar-refractivity contribution in [2.75, 3.05) is 11.4 Å². The molecule has 0 N–H and O–H groups in total. The summed E-state index contributed by atoms with van der Waals surface area (Å²) in [7, 11) is 0. The lowest BCUT2D eigenvalue weighted by molar-refractivity contribution is 0.645. The third kappa shape index (κ3) is 7.77. The van der Waals surface area contributed by atoms with E-state index in [-0.39, 0.29) is 5.41 Å². The number of para-hydroxylation sites is 1. The van der Waals surface area contributed by atoms with Gasteiger partial charge in [-0.15, -0.1) is 0 Å². The van der Waals surface area contributed by atoms with Gasteiger partial charge in [-0.05, 0) is 101 Å². The first-order valence-electron chi connectivity index (χ1n) is 19.4. The van der Waals surface area contributed by atoms with Gasteiger partial charge in [0, 0.05) is 39.7 Å². The van der Waals surface area contributed by atoms with Crippen molar-refractivity contribution in [3.8, 4) is 11.1 Å². The first-order chi connectivity index (χ1) is 26.7. The maximum absolute atomic E-state index is 6.51. The number of rotatable bonds is 11. The SMILES string of the molecule is C=C/C=C\C(=C)/C(C)=C/C(=C\C)c1ccc(N(C/C=C\C2=C(C)c3c(ccc4c3oc3ccccc34)C2(C)C)c2ccc(-c3ccccc3)cc2)cc1.CC. The zero-order valence-electron chi connectivity index (χ0n) is 33.5. The summed E-state index contributed by atoms with van der Waals surface area (Å²) in [5.41, 5.74) is 16.0. The van der Waals surface area contributed by atoms with Crippen LogP contribution in [0.1, 0.15) is 65.2 Å². The Labute approximate surface area is 328 Å². The van der Waals surface area contributed by atoms with Gasteiger partial charge in [0.1, 0.15) is 11.2 Å². The van der Waals surface area contributed by atoms with Crippen LogP contribution in [0.5, 0.6) is 0 Å². The van der Waals surface area contributed by atoms with Crippen molar-refractivity contribution < 1.29 is 4.42 Å². The highest BCUT2D eigenvalue weighted by atomic mass is 16.3. The second-order valence-electron chi connectivity index (χ2n) is 14.3. The van der Waals surface area contributed by atoms with E-state index in [0.29, 0.717) is 6.54 Å². The van der Waals surface area contributed by atoms with Crippen molar-refractivity contribution in [1.29, 1.82) is 0 Å². The number of anilines is 2. The molecule has 7 rings (SSSR count). The minimum atomic E-state index is -0.159. The van der Waals surface area contributed by atoms with Crippen LogP contribution >= 0.6 is 0 Å². The summed E-state index contributed by atoms with van der Waals surface area (Å²) >= 11 is 0. The Bertz CT molecular complexity index is 2480. The quantitative estimate of drug-likeness (QED) is 0.124. The van der Waals surface area contributed by atoms with E-state index in [1.54, 1.807) is 6.08 Å². The lowest BCUT2D eigenvalue weighted by atomic mass is 9.81. The van der Waals surface area contributed by atoms with Crippen LogP contribution in [0.25, 0.3) is 44.2 Å². The third-order valence-corrected chi connectivity index (χ3v) is 10.7. The Morgan fingerprint density at radius 1 is 0.782 bits per heavy atom. The van der Waals surface area contributed by atoms with E-state index in [2.05, 4.69) is 186 Å². The molecule has 1 aliphatic rings.